The molecule has 2 aromatic rings. The third-order valence-electron chi connectivity index (χ3n) is 5.36. The van der Waals surface area contributed by atoms with Crippen molar-refractivity contribution in [3.63, 3.8) is 0 Å². The van der Waals surface area contributed by atoms with Gasteiger partial charge in [-0.25, -0.2) is 9.59 Å². The number of methoxy groups -OCH3 is 1. The zero-order valence-corrected chi connectivity index (χ0v) is 24.4. The summed E-state index contributed by atoms with van der Waals surface area (Å²) in [5, 5.41) is 6.09. The molecule has 2 atom stereocenters. The van der Waals surface area contributed by atoms with E-state index in [1.54, 1.807) is 58.8 Å². The van der Waals surface area contributed by atoms with Crippen LogP contribution in [0.5, 0.6) is 0 Å². The summed E-state index contributed by atoms with van der Waals surface area (Å²) in [6.07, 6.45) is 2.53. The molecule has 0 aliphatic carbocycles. The Kier molecular flexibility index (Phi) is 15.1. The third-order valence-corrected chi connectivity index (χ3v) is 8.35. The lowest BCUT2D eigenvalue weighted by atomic mass is 9.97. The van der Waals surface area contributed by atoms with E-state index in [0.29, 0.717) is 12.2 Å². The van der Waals surface area contributed by atoms with Crippen molar-refractivity contribution in [2.24, 2.45) is 5.92 Å². The summed E-state index contributed by atoms with van der Waals surface area (Å²) in [4.78, 5) is 39.3. The van der Waals surface area contributed by atoms with Crippen LogP contribution in [-0.4, -0.2) is 61.9 Å². The van der Waals surface area contributed by atoms with Gasteiger partial charge in [0.25, 0.3) is 0 Å². The predicted octanol–water partition coefficient (Wildman–Crippen LogP) is 4.84. The van der Waals surface area contributed by atoms with E-state index in [2.05, 4.69) is 16.9 Å². The Labute approximate surface area is 237 Å². The molecule has 208 valence electrons. The van der Waals surface area contributed by atoms with Crippen LogP contribution in [-0.2, 0) is 35.9 Å². The van der Waals surface area contributed by atoms with Gasteiger partial charge in [-0.3, -0.25) is 4.79 Å². The molecule has 0 spiro atoms. The molecule has 0 heterocycles. The molecule has 0 aromatic heterocycles. The average molecular weight is 581 g/mol. The van der Waals surface area contributed by atoms with Crippen molar-refractivity contribution in [1.82, 2.24) is 10.6 Å². The smallest absolute Gasteiger partial charge is 0.464 e. The summed E-state index contributed by atoms with van der Waals surface area (Å²) in [7, 11) is 4.37. The number of carbonyl (C=O) groups excluding carboxylic acids is 3. The normalized spacial score (nSPS) is 13.1. The summed E-state index contributed by atoms with van der Waals surface area (Å²) in [5.41, 5.74) is -0.989. The van der Waals surface area contributed by atoms with Crippen molar-refractivity contribution in [2.75, 3.05) is 43.9 Å². The van der Waals surface area contributed by atoms with E-state index in [1.807, 2.05) is 42.1 Å². The number of hydrogen-bond donors (Lipinski definition) is 2. The lowest BCUT2D eigenvalue weighted by Crippen LogP contribution is -2.57. The molecule has 11 heteroatoms. The molecule has 0 aliphatic rings. The Balaban J connectivity index is 2.25. The van der Waals surface area contributed by atoms with Crippen molar-refractivity contribution in [3.05, 3.63) is 71.8 Å². The highest BCUT2D eigenvalue weighted by Gasteiger charge is 2.49. The zero-order chi connectivity index (χ0) is 27.6. The second-order valence-corrected chi connectivity index (χ2v) is 11.6. The second kappa shape index (κ2) is 18.0. The van der Waals surface area contributed by atoms with E-state index < -0.39 is 29.7 Å². The van der Waals surface area contributed by atoms with E-state index in [-0.39, 0.29) is 12.2 Å². The summed E-state index contributed by atoms with van der Waals surface area (Å²) in [6, 6.07) is 17.9. The summed E-state index contributed by atoms with van der Waals surface area (Å²) < 4.78 is 15.4. The monoisotopic (exact) mass is 580 g/mol. The van der Waals surface area contributed by atoms with Gasteiger partial charge in [0.05, 0.1) is 25.5 Å². The average Bonchev–Trinajstić information content (AvgIpc) is 2.94. The highest BCUT2D eigenvalue weighted by atomic mass is 33.1. The number of amides is 1. The molecule has 0 aliphatic heterocycles. The third kappa shape index (κ3) is 10.4. The van der Waals surface area contributed by atoms with Gasteiger partial charge in [0.1, 0.15) is 0 Å². The van der Waals surface area contributed by atoms with Gasteiger partial charge in [0.2, 0.25) is 5.91 Å². The number of esters is 1. The molecular weight excluding hydrogens is 545 g/mol. The molecule has 1 amide bonds. The maximum Gasteiger partial charge on any atom is 0.511 e. The largest absolute Gasteiger partial charge is 0.511 e. The van der Waals surface area contributed by atoms with Crippen LogP contribution in [0.2, 0.25) is 0 Å². The van der Waals surface area contributed by atoms with E-state index in [4.69, 9.17) is 14.2 Å². The van der Waals surface area contributed by atoms with E-state index >= 15 is 0 Å². The minimum absolute atomic E-state index is 0.0363. The molecule has 0 saturated heterocycles. The van der Waals surface area contributed by atoms with E-state index in [9.17, 15) is 14.4 Å². The van der Waals surface area contributed by atoms with Gasteiger partial charge in [-0.2, -0.15) is 11.8 Å². The molecule has 2 aromatic carbocycles. The van der Waals surface area contributed by atoms with Crippen LogP contribution >= 0.6 is 33.3 Å². The quantitative estimate of drug-likeness (QED) is 0.117. The lowest BCUT2D eigenvalue weighted by molar-refractivity contribution is -0.174. The molecule has 8 nitrogen and oxygen atoms in total. The first kappa shape index (κ1) is 31.9. The Bertz CT molecular complexity index is 983. The maximum absolute atomic E-state index is 13.7. The zero-order valence-electron chi connectivity index (χ0n) is 22.0. The SMILES string of the molecule is CCOC(=O)OC(NC(=O)C(CSSCNCCCSC)Cc1ccccc1)(C(=O)OC)c1ccccc1. The summed E-state index contributed by atoms with van der Waals surface area (Å²) in [6.45, 7) is 2.59. The van der Waals surface area contributed by atoms with Gasteiger partial charge in [-0.05, 0) is 43.9 Å². The first-order chi connectivity index (χ1) is 18.5. The topological polar surface area (TPSA) is 103 Å². The second-order valence-electron chi connectivity index (χ2n) is 8.09. The first-order valence-corrected chi connectivity index (χ1v) is 16.1. The Morgan fingerprint density at radius 2 is 1.68 bits per heavy atom. The molecule has 2 N–H and O–H groups in total. The van der Waals surface area contributed by atoms with Crippen LogP contribution in [0.15, 0.2) is 60.7 Å². The van der Waals surface area contributed by atoms with Crippen LogP contribution in [0, 0.1) is 5.92 Å². The lowest BCUT2D eigenvalue weighted by Gasteiger charge is -2.32. The van der Waals surface area contributed by atoms with Crippen LogP contribution in [0.3, 0.4) is 0 Å². The number of carbonyl (C=O) groups is 3. The molecule has 0 radical (unpaired) electrons. The minimum Gasteiger partial charge on any atom is -0.464 e. The van der Waals surface area contributed by atoms with Gasteiger partial charge >= 0.3 is 17.8 Å². The number of rotatable bonds is 17. The molecular formula is C27H36N2O6S3. The summed E-state index contributed by atoms with van der Waals surface area (Å²) in [5.74, 6) is 0.421. The van der Waals surface area contributed by atoms with E-state index in [0.717, 1.165) is 30.2 Å². The number of thioether (sulfide) groups is 1. The highest BCUT2D eigenvalue weighted by Crippen LogP contribution is 2.29. The Morgan fingerprint density at radius 3 is 2.32 bits per heavy atom. The maximum atomic E-state index is 13.7. The fourth-order valence-corrected chi connectivity index (χ4v) is 6.04. The molecule has 2 rings (SSSR count). The molecule has 0 fully saturated rings. The summed E-state index contributed by atoms with van der Waals surface area (Å²) >= 11 is 1.82. The van der Waals surface area contributed by atoms with Gasteiger partial charge < -0.3 is 24.8 Å². The van der Waals surface area contributed by atoms with Crippen LogP contribution < -0.4 is 10.6 Å². The van der Waals surface area contributed by atoms with Crippen molar-refractivity contribution in [3.8, 4) is 0 Å². The highest BCUT2D eigenvalue weighted by molar-refractivity contribution is 8.76. The minimum atomic E-state index is -2.20. The van der Waals surface area contributed by atoms with Gasteiger partial charge in [0.15, 0.2) is 0 Å². The Hall–Kier alpha value is -2.34. The number of benzene rings is 2. The van der Waals surface area contributed by atoms with Gasteiger partial charge in [-0.15, -0.1) is 0 Å². The fraction of sp³-hybridized carbons (Fsp3) is 0.444. The standard InChI is InChI=1S/C27H36N2O6S3/c1-4-34-26(32)35-27(25(31)33-2,23-14-9-6-10-15-23)29-24(30)22(18-21-12-7-5-8-13-21)19-37-38-20-28-16-11-17-36-3/h5-10,12-15,22,28H,4,11,16-20H2,1-3H3,(H,29,30). The molecule has 0 bridgehead atoms. The van der Waals surface area contributed by atoms with Gasteiger partial charge in [0, 0.05) is 11.3 Å². The van der Waals surface area contributed by atoms with Crippen molar-refractivity contribution in [1.29, 1.82) is 0 Å². The van der Waals surface area contributed by atoms with Crippen LogP contribution in [0.4, 0.5) is 4.79 Å². The Morgan fingerprint density at radius 1 is 1.00 bits per heavy atom. The van der Waals surface area contributed by atoms with E-state index in [1.165, 1.54) is 7.11 Å². The molecule has 0 saturated carbocycles. The number of nitrogens with one attached hydrogen (secondary N) is 2. The number of ether oxygens (including phenoxy) is 3. The first-order valence-electron chi connectivity index (χ1n) is 12.3. The molecule has 38 heavy (non-hydrogen) atoms. The number of hydrogen-bond acceptors (Lipinski definition) is 10. The molecule has 2 unspecified atom stereocenters. The van der Waals surface area contributed by atoms with Crippen LogP contribution in [0.1, 0.15) is 24.5 Å². The predicted molar refractivity (Wildman–Crippen MR) is 156 cm³/mol. The fourth-order valence-electron chi connectivity index (χ4n) is 3.48. The van der Waals surface area contributed by atoms with Crippen molar-refractivity contribution < 1.29 is 28.6 Å². The van der Waals surface area contributed by atoms with Crippen molar-refractivity contribution >= 4 is 51.4 Å². The van der Waals surface area contributed by atoms with Crippen LogP contribution in [0.25, 0.3) is 0 Å². The van der Waals surface area contributed by atoms with Crippen molar-refractivity contribution in [2.45, 2.75) is 25.5 Å². The van der Waals surface area contributed by atoms with Gasteiger partial charge in [-0.1, -0.05) is 82.3 Å².